The number of anilines is 2. The van der Waals surface area contributed by atoms with Crippen molar-refractivity contribution in [3.8, 4) is 29.8 Å². The third-order valence-electron chi connectivity index (χ3n) is 6.33. The zero-order chi connectivity index (χ0) is 36.9. The molecule has 0 radical (unpaired) electrons. The number of carbonyl (C=O) groups is 1. The fourth-order valence-electron chi connectivity index (χ4n) is 3.92. The van der Waals surface area contributed by atoms with Crippen LogP contribution in [0.2, 0.25) is 15.3 Å². The van der Waals surface area contributed by atoms with Crippen molar-refractivity contribution in [2.24, 2.45) is 5.73 Å². The van der Waals surface area contributed by atoms with E-state index in [1.807, 2.05) is 6.92 Å². The van der Waals surface area contributed by atoms with Crippen LogP contribution in [0.15, 0.2) is 16.9 Å². The van der Waals surface area contributed by atoms with Gasteiger partial charge in [0.15, 0.2) is 7.37 Å². The van der Waals surface area contributed by atoms with Crippen LogP contribution in [0.3, 0.4) is 0 Å². The summed E-state index contributed by atoms with van der Waals surface area (Å²) < 4.78 is 19.0. The van der Waals surface area contributed by atoms with Crippen molar-refractivity contribution >= 4 is 60.0 Å². The zero-order valence-corrected chi connectivity index (χ0v) is 30.4. The Bertz CT molecular complexity index is 1800. The number of hydrogen-bond donors (Lipinski definition) is 5. The van der Waals surface area contributed by atoms with Gasteiger partial charge < -0.3 is 31.1 Å². The summed E-state index contributed by atoms with van der Waals surface area (Å²) in [4.78, 5) is 43.2. The van der Waals surface area contributed by atoms with Crippen LogP contribution in [0.5, 0.6) is 5.75 Å². The number of nitrogens with zero attached hydrogens (tertiary/aromatic N) is 7. The number of hydrogen-bond acceptors (Lipinski definition) is 12. The van der Waals surface area contributed by atoms with Crippen LogP contribution in [0, 0.1) is 23.7 Å². The Kier molecular flexibility index (Phi) is 15.8. The molecule has 3 heterocycles. The standard InChI is InChI=1S/C15H13Cl2N3O2.C9H13ClN6.C5H12NO4P/c1-2-7-22-13-9-12(10(16)8-11(13)17)20-15(21)19-6-4-3-5-14(19)18-20;1-4-12-7-13-6(10)14-8(15-7)16-9(2,3)5-11;1-11(9,10)3-2-4(6)5(7)8/h1,8-9H,3-7H2;4H2,1-3H3,(H2,12,13,14,15,16);4H,2-3,6H2,1H3,(H,7,8)(H,9,10). The molecular formula is C29H38Cl3N10O6P. The van der Waals surface area contributed by atoms with Crippen LogP contribution in [0.1, 0.15) is 45.9 Å². The fourth-order valence-corrected chi connectivity index (χ4v) is 5.36. The van der Waals surface area contributed by atoms with E-state index in [0.717, 1.165) is 25.1 Å². The maximum absolute atomic E-state index is 12.5. The molecule has 1 aliphatic heterocycles. The third-order valence-corrected chi connectivity index (χ3v) is 8.19. The van der Waals surface area contributed by atoms with Crippen LogP contribution in [0.25, 0.3) is 5.69 Å². The van der Waals surface area contributed by atoms with Gasteiger partial charge in [-0.15, -0.1) is 11.5 Å². The van der Waals surface area contributed by atoms with E-state index in [0.29, 0.717) is 40.5 Å². The van der Waals surface area contributed by atoms with Crippen molar-refractivity contribution in [3.63, 3.8) is 0 Å². The highest BCUT2D eigenvalue weighted by molar-refractivity contribution is 7.57. The Balaban J connectivity index is 0.000000273. The predicted molar refractivity (Wildman–Crippen MR) is 188 cm³/mol. The number of aryl methyl sites for hydroxylation is 1. The van der Waals surface area contributed by atoms with E-state index in [1.165, 1.54) is 17.4 Å². The number of fused-ring (bicyclic) bond motifs is 1. The summed E-state index contributed by atoms with van der Waals surface area (Å²) in [5.74, 6) is 3.04. The zero-order valence-electron chi connectivity index (χ0n) is 27.3. The Labute approximate surface area is 298 Å². The molecule has 3 aromatic rings. The van der Waals surface area contributed by atoms with Gasteiger partial charge in [-0.25, -0.2) is 4.79 Å². The maximum Gasteiger partial charge on any atom is 0.350 e. The van der Waals surface area contributed by atoms with Gasteiger partial charge in [-0.05, 0) is 57.7 Å². The molecule has 1 aromatic carbocycles. The number of terminal acetylenes is 1. The second-order valence-electron chi connectivity index (χ2n) is 11.1. The number of carboxylic acid groups (broad SMARTS) is 1. The lowest BCUT2D eigenvalue weighted by Crippen LogP contribution is -2.30. The van der Waals surface area contributed by atoms with Gasteiger partial charge in [-0.2, -0.15) is 24.9 Å². The van der Waals surface area contributed by atoms with Gasteiger partial charge in [-0.3, -0.25) is 13.9 Å². The summed E-state index contributed by atoms with van der Waals surface area (Å²) in [6.07, 6.45) is 7.97. The lowest BCUT2D eigenvalue weighted by atomic mass is 10.1. The highest BCUT2D eigenvalue weighted by Gasteiger charge is 2.21. The molecule has 0 aliphatic carbocycles. The Morgan fingerprint density at radius 1 is 1.22 bits per heavy atom. The lowest BCUT2D eigenvalue weighted by Gasteiger charge is -2.17. The van der Waals surface area contributed by atoms with Crippen LogP contribution in [0.4, 0.5) is 11.9 Å². The SMILES string of the molecule is C#CCOc1cc(-n2nc3n(c2=O)CCCC3)c(Cl)cc1Cl.CCNc1nc(Cl)nc(NC(C)(C)C#N)n1.CP(=O)(O)CCC(N)C(=O)O. The molecule has 16 nitrogen and oxygen atoms in total. The highest BCUT2D eigenvalue weighted by atomic mass is 35.5. The molecule has 49 heavy (non-hydrogen) atoms. The average Bonchev–Trinajstić information content (AvgIpc) is 3.35. The molecule has 2 aromatic heterocycles. The minimum atomic E-state index is -3.10. The fraction of sp³-hybridized carbons (Fsp3) is 0.483. The number of halogens is 3. The molecule has 0 spiro atoms. The molecule has 20 heteroatoms. The van der Waals surface area contributed by atoms with Crippen molar-refractivity contribution in [3.05, 3.63) is 43.8 Å². The second kappa shape index (κ2) is 18.8. The first kappa shape index (κ1) is 41.3. The largest absolute Gasteiger partial charge is 0.480 e. The van der Waals surface area contributed by atoms with Crippen molar-refractivity contribution in [2.75, 3.05) is 36.6 Å². The van der Waals surface area contributed by atoms with Crippen molar-refractivity contribution in [1.82, 2.24) is 29.3 Å². The topological polar surface area (TPSA) is 236 Å². The molecular weight excluding hydrogens is 722 g/mol. The Morgan fingerprint density at radius 2 is 1.90 bits per heavy atom. The van der Waals surface area contributed by atoms with Gasteiger partial charge in [0.1, 0.15) is 29.8 Å². The first-order valence-electron chi connectivity index (χ1n) is 14.8. The minimum absolute atomic E-state index is 0.0412. The molecule has 0 fully saturated rings. The number of nitrogens with two attached hydrogens (primary N) is 1. The van der Waals surface area contributed by atoms with Crippen LogP contribution in [-0.2, 0) is 22.3 Å². The van der Waals surface area contributed by atoms with E-state index < -0.39 is 24.9 Å². The van der Waals surface area contributed by atoms with E-state index in [9.17, 15) is 14.2 Å². The molecule has 0 saturated carbocycles. The van der Waals surface area contributed by atoms with Gasteiger partial charge in [-0.1, -0.05) is 29.1 Å². The molecule has 1 aliphatic rings. The number of rotatable bonds is 11. The molecule has 4 rings (SSSR count). The molecule has 0 bridgehead atoms. The lowest BCUT2D eigenvalue weighted by molar-refractivity contribution is -0.138. The highest BCUT2D eigenvalue weighted by Crippen LogP contribution is 2.36. The van der Waals surface area contributed by atoms with Gasteiger partial charge in [0.05, 0.1) is 21.8 Å². The molecule has 2 atom stereocenters. The van der Waals surface area contributed by atoms with Gasteiger partial charge in [0.25, 0.3) is 0 Å². The van der Waals surface area contributed by atoms with Crippen molar-refractivity contribution < 1.29 is 24.1 Å². The molecule has 0 amide bonds. The van der Waals surface area contributed by atoms with Crippen LogP contribution in [-0.4, -0.2) is 82.8 Å². The van der Waals surface area contributed by atoms with E-state index in [-0.39, 0.29) is 36.1 Å². The van der Waals surface area contributed by atoms with Crippen LogP contribution < -0.4 is 26.8 Å². The summed E-state index contributed by atoms with van der Waals surface area (Å²) in [5, 5.41) is 28.1. The first-order chi connectivity index (χ1) is 22.9. The summed E-state index contributed by atoms with van der Waals surface area (Å²) in [7, 11) is -3.10. The number of nitriles is 1. The smallest absolute Gasteiger partial charge is 0.350 e. The van der Waals surface area contributed by atoms with Gasteiger partial charge in [0.2, 0.25) is 17.2 Å². The van der Waals surface area contributed by atoms with E-state index in [2.05, 4.69) is 42.7 Å². The molecule has 266 valence electrons. The van der Waals surface area contributed by atoms with Crippen LogP contribution >= 0.6 is 42.2 Å². The van der Waals surface area contributed by atoms with E-state index >= 15 is 0 Å². The van der Waals surface area contributed by atoms with E-state index in [4.69, 9.17) is 67.0 Å². The predicted octanol–water partition coefficient (Wildman–Crippen LogP) is 4.05. The number of aliphatic carboxylic acids is 1. The van der Waals surface area contributed by atoms with E-state index in [1.54, 1.807) is 24.5 Å². The molecule has 2 unspecified atom stereocenters. The summed E-state index contributed by atoms with van der Waals surface area (Å²) >= 11 is 18.0. The third kappa shape index (κ3) is 13.5. The maximum atomic E-state index is 12.5. The molecule has 6 N–H and O–H groups in total. The quantitative estimate of drug-likeness (QED) is 0.137. The number of ether oxygens (including phenoxy) is 1. The molecule has 0 saturated heterocycles. The Morgan fingerprint density at radius 3 is 2.47 bits per heavy atom. The first-order valence-corrected chi connectivity index (χ1v) is 18.2. The van der Waals surface area contributed by atoms with Crippen molar-refractivity contribution in [1.29, 1.82) is 5.26 Å². The normalized spacial score (nSPS) is 13.8. The Hall–Kier alpha value is -3.89. The summed E-state index contributed by atoms with van der Waals surface area (Å²) in [6, 6.07) is 4.16. The second-order valence-corrected chi connectivity index (χ2v) is 14.8. The number of nitrogens with one attached hydrogen (secondary N) is 2. The van der Waals surface area contributed by atoms with Gasteiger partial charge in [0, 0.05) is 38.4 Å². The average molecular weight is 760 g/mol. The summed E-state index contributed by atoms with van der Waals surface area (Å²) in [5.41, 5.74) is 4.56. The van der Waals surface area contributed by atoms with Crippen molar-refractivity contribution in [2.45, 2.75) is 64.6 Å². The number of aromatic nitrogens is 6. The number of benzene rings is 1. The summed E-state index contributed by atoms with van der Waals surface area (Å²) in [6.45, 7) is 7.98. The number of carboxylic acids is 1. The van der Waals surface area contributed by atoms with Gasteiger partial charge >= 0.3 is 11.7 Å². The minimum Gasteiger partial charge on any atom is -0.480 e. The monoisotopic (exact) mass is 758 g/mol.